The number of carbonyl (C=O) groups is 3. The van der Waals surface area contributed by atoms with Crippen molar-refractivity contribution in [2.24, 2.45) is 16.7 Å². The molecule has 0 spiro atoms. The molecule has 0 saturated heterocycles. The quantitative estimate of drug-likeness (QED) is 0.409. The molecule has 3 atom stereocenters. The molecule has 152 valence electrons. The van der Waals surface area contributed by atoms with Gasteiger partial charge in [-0.25, -0.2) is 14.4 Å². The smallest absolute Gasteiger partial charge is 0.331 e. The van der Waals surface area contributed by atoms with E-state index in [2.05, 4.69) is 32.1 Å². The Morgan fingerprint density at radius 2 is 1.85 bits per heavy atom. The standard InChI is InChI=1S/C13H20O2.C8H12O4/c1-5-11(14)15-10-8-9-6-7-13(10,4)12(9,2)3;1-2-3-6-12-8(11)5-4-7(9)10/h5,9-10H,1,6-8H2,2-4H3;4-5H,2-3,6H2,1H3,(H,9,10)/b;5-4-. The van der Waals surface area contributed by atoms with Gasteiger partial charge in [-0.2, -0.15) is 0 Å². The number of hydrogen-bond acceptors (Lipinski definition) is 5. The van der Waals surface area contributed by atoms with Gasteiger partial charge in [-0.1, -0.05) is 40.7 Å². The van der Waals surface area contributed by atoms with Crippen molar-refractivity contribution < 1.29 is 29.0 Å². The molecule has 2 bridgehead atoms. The SMILES string of the molecule is C=CC(=O)OC1CC2CCC1(C)C2(C)C.CCCCOC(=O)/C=C\C(=O)O. The molecular formula is C21H32O6. The Balaban J connectivity index is 0.000000279. The number of esters is 2. The van der Waals surface area contributed by atoms with Crippen LogP contribution in [0.3, 0.4) is 0 Å². The molecule has 0 aromatic carbocycles. The minimum atomic E-state index is -1.15. The van der Waals surface area contributed by atoms with E-state index in [1.165, 1.54) is 18.9 Å². The first-order valence-corrected chi connectivity index (χ1v) is 9.49. The van der Waals surface area contributed by atoms with Crippen LogP contribution < -0.4 is 0 Å². The first kappa shape index (κ1) is 22.9. The fourth-order valence-electron chi connectivity index (χ4n) is 4.00. The molecule has 2 saturated carbocycles. The monoisotopic (exact) mass is 380 g/mol. The van der Waals surface area contributed by atoms with E-state index in [0.29, 0.717) is 17.9 Å². The van der Waals surface area contributed by atoms with Crippen LogP contribution in [-0.2, 0) is 23.9 Å². The molecule has 2 aliphatic carbocycles. The lowest BCUT2D eigenvalue weighted by molar-refractivity contribution is -0.150. The average molecular weight is 380 g/mol. The Morgan fingerprint density at radius 3 is 2.30 bits per heavy atom. The van der Waals surface area contributed by atoms with Gasteiger partial charge in [0, 0.05) is 23.6 Å². The van der Waals surface area contributed by atoms with Crippen molar-refractivity contribution in [3.63, 3.8) is 0 Å². The third-order valence-electron chi connectivity index (χ3n) is 6.24. The zero-order valence-electron chi connectivity index (χ0n) is 16.8. The van der Waals surface area contributed by atoms with Crippen molar-refractivity contribution in [3.05, 3.63) is 24.8 Å². The first-order chi connectivity index (χ1) is 12.6. The number of unbranched alkanes of at least 4 members (excludes halogenated alkanes) is 1. The van der Waals surface area contributed by atoms with Gasteiger partial charge in [0.1, 0.15) is 6.10 Å². The highest BCUT2D eigenvalue weighted by atomic mass is 16.5. The Bertz CT molecular complexity index is 591. The summed E-state index contributed by atoms with van der Waals surface area (Å²) in [6.07, 6.45) is 8.25. The molecule has 0 aromatic rings. The summed E-state index contributed by atoms with van der Waals surface area (Å²) in [6, 6.07) is 0. The summed E-state index contributed by atoms with van der Waals surface area (Å²) in [6.45, 7) is 12.7. The van der Waals surface area contributed by atoms with Crippen LogP contribution in [0.25, 0.3) is 0 Å². The third-order valence-corrected chi connectivity index (χ3v) is 6.24. The summed E-state index contributed by atoms with van der Waals surface area (Å²) in [5.74, 6) is -1.32. The van der Waals surface area contributed by atoms with Crippen LogP contribution >= 0.6 is 0 Å². The fourth-order valence-corrected chi connectivity index (χ4v) is 4.00. The number of carboxylic acids is 1. The Kier molecular flexibility index (Phi) is 8.25. The van der Waals surface area contributed by atoms with Crippen molar-refractivity contribution in [3.8, 4) is 0 Å². The van der Waals surface area contributed by atoms with Gasteiger partial charge in [0.2, 0.25) is 0 Å². The number of hydrogen-bond donors (Lipinski definition) is 1. The van der Waals surface area contributed by atoms with E-state index in [1.807, 2.05) is 6.92 Å². The number of rotatable bonds is 7. The summed E-state index contributed by atoms with van der Waals surface area (Å²) in [7, 11) is 0. The van der Waals surface area contributed by atoms with Crippen molar-refractivity contribution in [1.82, 2.24) is 0 Å². The maximum atomic E-state index is 11.3. The van der Waals surface area contributed by atoms with Crippen LogP contribution in [0, 0.1) is 16.7 Å². The van der Waals surface area contributed by atoms with Gasteiger partial charge >= 0.3 is 17.9 Å². The number of carboxylic acid groups (broad SMARTS) is 1. The Morgan fingerprint density at radius 1 is 1.19 bits per heavy atom. The van der Waals surface area contributed by atoms with E-state index < -0.39 is 11.9 Å². The summed E-state index contributed by atoms with van der Waals surface area (Å²) < 4.78 is 10.1. The number of ether oxygens (including phenoxy) is 2. The highest BCUT2D eigenvalue weighted by Crippen LogP contribution is 2.66. The highest BCUT2D eigenvalue weighted by molar-refractivity contribution is 5.90. The van der Waals surface area contributed by atoms with Gasteiger partial charge in [0.25, 0.3) is 0 Å². The average Bonchev–Trinajstić information content (AvgIpc) is 2.94. The molecule has 0 aliphatic heterocycles. The third kappa shape index (κ3) is 5.68. The van der Waals surface area contributed by atoms with Crippen molar-refractivity contribution in [2.75, 3.05) is 6.61 Å². The van der Waals surface area contributed by atoms with Gasteiger partial charge in [0.05, 0.1) is 6.61 Å². The van der Waals surface area contributed by atoms with E-state index in [4.69, 9.17) is 9.84 Å². The maximum absolute atomic E-state index is 11.3. The van der Waals surface area contributed by atoms with Gasteiger partial charge in [-0.15, -0.1) is 0 Å². The van der Waals surface area contributed by atoms with Crippen LogP contribution in [0.15, 0.2) is 24.8 Å². The molecule has 0 amide bonds. The van der Waals surface area contributed by atoms with Gasteiger partial charge < -0.3 is 14.6 Å². The summed E-state index contributed by atoms with van der Waals surface area (Å²) >= 11 is 0. The van der Waals surface area contributed by atoms with Crippen LogP contribution in [0.5, 0.6) is 0 Å². The molecule has 0 heterocycles. The summed E-state index contributed by atoms with van der Waals surface area (Å²) in [5.41, 5.74) is 0.468. The lowest BCUT2D eigenvalue weighted by Crippen LogP contribution is -2.38. The minimum absolute atomic E-state index is 0.0942. The minimum Gasteiger partial charge on any atom is -0.478 e. The van der Waals surface area contributed by atoms with Crippen molar-refractivity contribution in [1.29, 1.82) is 0 Å². The maximum Gasteiger partial charge on any atom is 0.331 e. The highest BCUT2D eigenvalue weighted by Gasteiger charge is 2.62. The van der Waals surface area contributed by atoms with E-state index in [9.17, 15) is 14.4 Å². The fraction of sp³-hybridized carbons (Fsp3) is 0.667. The normalized spacial score (nSPS) is 27.6. The van der Waals surface area contributed by atoms with Gasteiger partial charge in [0.15, 0.2) is 0 Å². The summed E-state index contributed by atoms with van der Waals surface area (Å²) in [4.78, 5) is 31.8. The number of carbonyl (C=O) groups excluding carboxylic acids is 2. The zero-order valence-corrected chi connectivity index (χ0v) is 16.8. The molecule has 1 N–H and O–H groups in total. The molecule has 0 aromatic heterocycles. The molecule has 27 heavy (non-hydrogen) atoms. The molecule has 2 rings (SSSR count). The Hall–Kier alpha value is -2.11. The van der Waals surface area contributed by atoms with Crippen LogP contribution in [0.4, 0.5) is 0 Å². The number of aliphatic carboxylic acids is 1. The lowest BCUT2D eigenvalue weighted by atomic mass is 9.70. The molecular weight excluding hydrogens is 348 g/mol. The van der Waals surface area contributed by atoms with E-state index in [0.717, 1.165) is 31.4 Å². The predicted molar refractivity (Wildman–Crippen MR) is 102 cm³/mol. The van der Waals surface area contributed by atoms with Crippen molar-refractivity contribution in [2.45, 2.75) is 65.9 Å². The zero-order chi connectivity index (χ0) is 20.7. The first-order valence-electron chi connectivity index (χ1n) is 9.49. The topological polar surface area (TPSA) is 89.9 Å². The number of fused-ring (bicyclic) bond motifs is 2. The van der Waals surface area contributed by atoms with Gasteiger partial charge in [-0.05, 0) is 37.0 Å². The summed E-state index contributed by atoms with van der Waals surface area (Å²) in [5, 5.41) is 8.14. The lowest BCUT2D eigenvalue weighted by Gasteiger charge is -2.38. The molecule has 3 unspecified atom stereocenters. The Labute approximate surface area is 161 Å². The molecule has 6 nitrogen and oxygen atoms in total. The van der Waals surface area contributed by atoms with Crippen LogP contribution in [0.1, 0.15) is 59.8 Å². The van der Waals surface area contributed by atoms with E-state index in [-0.39, 0.29) is 17.5 Å². The van der Waals surface area contributed by atoms with Crippen molar-refractivity contribution >= 4 is 17.9 Å². The van der Waals surface area contributed by atoms with Gasteiger partial charge in [-0.3, -0.25) is 0 Å². The molecule has 6 heteroatoms. The second-order valence-corrected chi connectivity index (χ2v) is 7.93. The molecule has 2 fully saturated rings. The van der Waals surface area contributed by atoms with Crippen LogP contribution in [0.2, 0.25) is 0 Å². The predicted octanol–water partition coefficient (Wildman–Crippen LogP) is 3.90. The molecule has 0 radical (unpaired) electrons. The second kappa shape index (κ2) is 9.72. The van der Waals surface area contributed by atoms with E-state index >= 15 is 0 Å². The van der Waals surface area contributed by atoms with Crippen LogP contribution in [-0.4, -0.2) is 35.7 Å². The molecule has 2 aliphatic rings. The van der Waals surface area contributed by atoms with E-state index in [1.54, 1.807) is 0 Å². The second-order valence-electron chi connectivity index (χ2n) is 7.93. The largest absolute Gasteiger partial charge is 0.478 e.